The van der Waals surface area contributed by atoms with Gasteiger partial charge in [0.05, 0.1) is 5.37 Å². The quantitative estimate of drug-likeness (QED) is 0.684. The van der Waals surface area contributed by atoms with Crippen LogP contribution in [-0.4, -0.2) is 40.3 Å². The number of hydrogen-bond donors (Lipinski definition) is 2. The van der Waals surface area contributed by atoms with Crippen molar-refractivity contribution in [1.29, 1.82) is 0 Å². The van der Waals surface area contributed by atoms with E-state index in [0.29, 0.717) is 11.1 Å². The van der Waals surface area contributed by atoms with Crippen molar-refractivity contribution in [3.05, 3.63) is 0 Å². The summed E-state index contributed by atoms with van der Waals surface area (Å²) in [6.07, 6.45) is 4.34. The number of carboxylic acids is 1. The van der Waals surface area contributed by atoms with Gasteiger partial charge in [-0.1, -0.05) is 0 Å². The largest absolute Gasteiger partial charge is 0.480 e. The van der Waals surface area contributed by atoms with E-state index in [1.807, 2.05) is 11.8 Å². The predicted molar refractivity (Wildman–Crippen MR) is 58.4 cm³/mol. The second-order valence-electron chi connectivity index (χ2n) is 3.01. The molecule has 2 N–H and O–H groups in total. The predicted octanol–water partition coefficient (Wildman–Crippen LogP) is 1.25. The minimum atomic E-state index is -0.722. The Morgan fingerprint density at radius 2 is 2.54 bits per heavy atom. The molecular weight excluding hydrogens is 206 g/mol. The van der Waals surface area contributed by atoms with Crippen LogP contribution in [0.4, 0.5) is 0 Å². The molecule has 3 nitrogen and oxygen atoms in total. The van der Waals surface area contributed by atoms with Crippen LogP contribution in [0.1, 0.15) is 12.8 Å². The Labute approximate surface area is 87.0 Å². The molecule has 2 atom stereocenters. The van der Waals surface area contributed by atoms with Gasteiger partial charge in [-0.25, -0.2) is 0 Å². The van der Waals surface area contributed by atoms with Gasteiger partial charge in [-0.3, -0.25) is 10.1 Å². The minimum absolute atomic E-state index is 0.329. The molecule has 0 aromatic heterocycles. The van der Waals surface area contributed by atoms with Crippen molar-refractivity contribution in [2.45, 2.75) is 24.3 Å². The molecule has 5 heteroatoms. The highest BCUT2D eigenvalue weighted by Crippen LogP contribution is 2.22. The fourth-order valence-corrected chi connectivity index (χ4v) is 2.97. The number of carbonyl (C=O) groups is 1. The van der Waals surface area contributed by atoms with Gasteiger partial charge in [0.2, 0.25) is 0 Å². The van der Waals surface area contributed by atoms with E-state index in [0.717, 1.165) is 18.6 Å². The molecule has 1 aliphatic rings. The standard InChI is InChI=1S/C8H15NO2S2/c1-12-4-2-3-7-9-6(5-13-7)8(10)11/h6-7,9H,2-5H2,1H3,(H,10,11)/t6-,7?/m0/s1. The van der Waals surface area contributed by atoms with Gasteiger partial charge in [-0.2, -0.15) is 11.8 Å². The van der Waals surface area contributed by atoms with Crippen LogP contribution in [-0.2, 0) is 4.79 Å². The smallest absolute Gasteiger partial charge is 0.321 e. The molecule has 1 unspecified atom stereocenters. The Bertz CT molecular complexity index is 178. The van der Waals surface area contributed by atoms with Gasteiger partial charge >= 0.3 is 5.97 Å². The van der Waals surface area contributed by atoms with E-state index in [-0.39, 0.29) is 6.04 Å². The number of thioether (sulfide) groups is 2. The van der Waals surface area contributed by atoms with Gasteiger partial charge in [0.25, 0.3) is 0 Å². The zero-order valence-electron chi connectivity index (χ0n) is 7.66. The summed E-state index contributed by atoms with van der Waals surface area (Å²) in [4.78, 5) is 10.6. The monoisotopic (exact) mass is 221 g/mol. The van der Waals surface area contributed by atoms with Crippen molar-refractivity contribution in [2.75, 3.05) is 17.8 Å². The molecule has 0 bridgehead atoms. The van der Waals surface area contributed by atoms with E-state index >= 15 is 0 Å². The Balaban J connectivity index is 2.14. The van der Waals surface area contributed by atoms with Crippen molar-refractivity contribution in [2.24, 2.45) is 0 Å². The molecular formula is C8H15NO2S2. The Morgan fingerprint density at radius 1 is 1.77 bits per heavy atom. The molecule has 1 fully saturated rings. The lowest BCUT2D eigenvalue weighted by molar-refractivity contribution is -0.138. The first-order chi connectivity index (χ1) is 6.24. The van der Waals surface area contributed by atoms with E-state index < -0.39 is 5.97 Å². The third kappa shape index (κ3) is 3.79. The van der Waals surface area contributed by atoms with Crippen molar-refractivity contribution in [3.8, 4) is 0 Å². The molecule has 1 rings (SSSR count). The molecule has 0 aliphatic carbocycles. The normalized spacial score (nSPS) is 27.8. The summed E-state index contributed by atoms with van der Waals surface area (Å²) in [7, 11) is 0. The van der Waals surface area contributed by atoms with Gasteiger partial charge in [0.15, 0.2) is 0 Å². The van der Waals surface area contributed by atoms with Gasteiger partial charge in [-0.05, 0) is 24.9 Å². The van der Waals surface area contributed by atoms with E-state index in [2.05, 4.69) is 11.6 Å². The van der Waals surface area contributed by atoms with Crippen LogP contribution >= 0.6 is 23.5 Å². The van der Waals surface area contributed by atoms with Crippen LogP contribution in [0.25, 0.3) is 0 Å². The average molecular weight is 221 g/mol. The van der Waals surface area contributed by atoms with Crippen molar-refractivity contribution in [1.82, 2.24) is 5.32 Å². The molecule has 0 spiro atoms. The summed E-state index contributed by atoms with van der Waals surface area (Å²) >= 11 is 3.57. The van der Waals surface area contributed by atoms with Crippen LogP contribution in [0.5, 0.6) is 0 Å². The molecule has 0 amide bonds. The second-order valence-corrected chi connectivity index (χ2v) is 5.24. The van der Waals surface area contributed by atoms with Crippen molar-refractivity contribution >= 4 is 29.5 Å². The van der Waals surface area contributed by atoms with E-state index in [1.54, 1.807) is 11.8 Å². The SMILES string of the molecule is CSCCCC1N[C@H](C(=O)O)CS1. The van der Waals surface area contributed by atoms with E-state index in [1.165, 1.54) is 0 Å². The number of nitrogens with one attached hydrogen (secondary N) is 1. The molecule has 1 heterocycles. The Hall–Kier alpha value is 0.130. The summed E-state index contributed by atoms with van der Waals surface area (Å²) < 4.78 is 0. The number of aliphatic carboxylic acids is 1. The highest BCUT2D eigenvalue weighted by Gasteiger charge is 2.28. The first-order valence-electron chi connectivity index (χ1n) is 4.33. The minimum Gasteiger partial charge on any atom is -0.480 e. The summed E-state index contributed by atoms with van der Waals surface area (Å²) in [5.41, 5.74) is 0. The average Bonchev–Trinajstić information content (AvgIpc) is 2.53. The van der Waals surface area contributed by atoms with Crippen LogP contribution in [0.2, 0.25) is 0 Å². The zero-order valence-corrected chi connectivity index (χ0v) is 9.29. The maximum atomic E-state index is 10.6. The molecule has 1 aliphatic heterocycles. The number of rotatable bonds is 5. The van der Waals surface area contributed by atoms with Crippen LogP contribution in [0, 0.1) is 0 Å². The molecule has 76 valence electrons. The molecule has 0 aromatic carbocycles. The van der Waals surface area contributed by atoms with Crippen LogP contribution < -0.4 is 5.32 Å². The maximum Gasteiger partial charge on any atom is 0.321 e. The van der Waals surface area contributed by atoms with Crippen LogP contribution in [0.3, 0.4) is 0 Å². The lowest BCUT2D eigenvalue weighted by atomic mass is 10.3. The molecule has 13 heavy (non-hydrogen) atoms. The molecule has 1 saturated heterocycles. The van der Waals surface area contributed by atoms with E-state index in [4.69, 9.17) is 5.11 Å². The Morgan fingerprint density at radius 3 is 3.08 bits per heavy atom. The van der Waals surface area contributed by atoms with Crippen LogP contribution in [0.15, 0.2) is 0 Å². The van der Waals surface area contributed by atoms with Gasteiger partial charge < -0.3 is 5.11 Å². The summed E-state index contributed by atoms with van der Waals surface area (Å²) in [6, 6.07) is -0.329. The highest BCUT2D eigenvalue weighted by molar-refractivity contribution is 8.00. The zero-order chi connectivity index (χ0) is 9.68. The Kier molecular flexibility index (Phi) is 4.98. The molecule has 0 aromatic rings. The number of carboxylic acid groups (broad SMARTS) is 1. The van der Waals surface area contributed by atoms with E-state index in [9.17, 15) is 4.79 Å². The fourth-order valence-electron chi connectivity index (χ4n) is 1.26. The lowest BCUT2D eigenvalue weighted by Crippen LogP contribution is -2.36. The first-order valence-corrected chi connectivity index (χ1v) is 6.77. The van der Waals surface area contributed by atoms with Gasteiger partial charge in [0.1, 0.15) is 6.04 Å². The molecule has 0 radical (unpaired) electrons. The summed E-state index contributed by atoms with van der Waals surface area (Å²) in [5, 5.41) is 12.2. The lowest BCUT2D eigenvalue weighted by Gasteiger charge is -2.09. The maximum absolute atomic E-state index is 10.6. The van der Waals surface area contributed by atoms with Gasteiger partial charge in [0, 0.05) is 5.75 Å². The first kappa shape index (κ1) is 11.2. The van der Waals surface area contributed by atoms with Gasteiger partial charge in [-0.15, -0.1) is 11.8 Å². The fraction of sp³-hybridized carbons (Fsp3) is 0.875. The third-order valence-corrected chi connectivity index (χ3v) is 3.96. The highest BCUT2D eigenvalue weighted by atomic mass is 32.2. The second kappa shape index (κ2) is 5.78. The summed E-state index contributed by atoms with van der Waals surface area (Å²) in [5.74, 6) is 1.15. The topological polar surface area (TPSA) is 49.3 Å². The summed E-state index contributed by atoms with van der Waals surface area (Å²) in [6.45, 7) is 0. The third-order valence-electron chi connectivity index (χ3n) is 1.96. The van der Waals surface area contributed by atoms with Crippen molar-refractivity contribution < 1.29 is 9.90 Å². The molecule has 0 saturated carbocycles. The van der Waals surface area contributed by atoms with Crippen molar-refractivity contribution in [3.63, 3.8) is 0 Å². The number of hydrogen-bond acceptors (Lipinski definition) is 4.